The molecule has 94 valence electrons. The topological polar surface area (TPSA) is 42.1 Å². The van der Waals surface area contributed by atoms with Crippen LogP contribution in [0.2, 0.25) is 0 Å². The molecule has 0 aromatic carbocycles. The van der Waals surface area contributed by atoms with Crippen molar-refractivity contribution < 1.29 is 13.2 Å². The monoisotopic (exact) mass is 245 g/mol. The number of piperidine rings is 1. The fourth-order valence-corrected chi connectivity index (χ4v) is 2.10. The molecule has 1 aromatic rings. The van der Waals surface area contributed by atoms with Crippen molar-refractivity contribution in [3.63, 3.8) is 0 Å². The maximum atomic E-state index is 12.5. The molecule has 0 unspecified atom stereocenters. The Hall–Kier alpha value is -1.46. The van der Waals surface area contributed by atoms with Gasteiger partial charge in [0.15, 0.2) is 0 Å². The lowest BCUT2D eigenvalue weighted by Gasteiger charge is -2.34. The highest BCUT2D eigenvalue weighted by Crippen LogP contribution is 2.35. The van der Waals surface area contributed by atoms with E-state index in [-0.39, 0.29) is 12.8 Å². The highest BCUT2D eigenvalue weighted by Gasteiger charge is 2.41. The molecule has 17 heavy (non-hydrogen) atoms. The molecule has 1 aromatic heterocycles. The van der Waals surface area contributed by atoms with Gasteiger partial charge in [-0.2, -0.15) is 13.2 Å². The Balaban J connectivity index is 2.00. The zero-order valence-corrected chi connectivity index (χ0v) is 9.24. The van der Waals surface area contributed by atoms with Crippen molar-refractivity contribution in [2.45, 2.75) is 19.0 Å². The summed E-state index contributed by atoms with van der Waals surface area (Å²) in [5, 5.41) is 0. The Kier molecular flexibility index (Phi) is 3.13. The summed E-state index contributed by atoms with van der Waals surface area (Å²) in [4.78, 5) is 5.78. The van der Waals surface area contributed by atoms with Gasteiger partial charge >= 0.3 is 6.18 Å². The molecule has 6 heteroatoms. The van der Waals surface area contributed by atoms with E-state index in [1.807, 2.05) is 4.90 Å². The molecular weight excluding hydrogens is 231 g/mol. The van der Waals surface area contributed by atoms with E-state index < -0.39 is 12.1 Å². The Bertz CT molecular complexity index is 384. The molecule has 1 aliphatic rings. The van der Waals surface area contributed by atoms with Crippen LogP contribution in [0.3, 0.4) is 0 Å². The molecule has 1 saturated heterocycles. The van der Waals surface area contributed by atoms with Gasteiger partial charge in [0.2, 0.25) is 0 Å². The van der Waals surface area contributed by atoms with E-state index >= 15 is 0 Å². The van der Waals surface area contributed by atoms with Crippen molar-refractivity contribution in [1.82, 2.24) is 4.98 Å². The summed E-state index contributed by atoms with van der Waals surface area (Å²) in [5.41, 5.74) is 6.39. The first kappa shape index (κ1) is 12.0. The van der Waals surface area contributed by atoms with Gasteiger partial charge in [-0.3, -0.25) is 0 Å². The Morgan fingerprint density at radius 2 is 1.94 bits per heavy atom. The fourth-order valence-electron chi connectivity index (χ4n) is 2.10. The second-order valence-electron chi connectivity index (χ2n) is 4.24. The van der Waals surface area contributed by atoms with Crippen LogP contribution in [0.25, 0.3) is 0 Å². The number of hydrogen-bond donors (Lipinski definition) is 1. The summed E-state index contributed by atoms with van der Waals surface area (Å²) in [6, 6.07) is 3.46. The number of aromatic nitrogens is 1. The number of nitrogens with zero attached hydrogens (tertiary/aromatic N) is 2. The fraction of sp³-hybridized carbons (Fsp3) is 0.545. The van der Waals surface area contributed by atoms with E-state index in [0.29, 0.717) is 18.9 Å². The van der Waals surface area contributed by atoms with Crippen LogP contribution in [0, 0.1) is 5.92 Å². The largest absolute Gasteiger partial charge is 0.391 e. The minimum atomic E-state index is -4.07. The lowest BCUT2D eigenvalue weighted by Crippen LogP contribution is -2.39. The average molecular weight is 245 g/mol. The van der Waals surface area contributed by atoms with Crippen LogP contribution in [0.4, 0.5) is 24.7 Å². The Morgan fingerprint density at radius 3 is 2.47 bits per heavy atom. The van der Waals surface area contributed by atoms with E-state index in [0.717, 1.165) is 5.69 Å². The van der Waals surface area contributed by atoms with Gasteiger partial charge in [-0.25, -0.2) is 4.98 Å². The highest BCUT2D eigenvalue weighted by atomic mass is 19.4. The first-order chi connectivity index (χ1) is 7.97. The van der Waals surface area contributed by atoms with E-state index in [9.17, 15) is 13.2 Å². The molecule has 0 radical (unpaired) electrons. The van der Waals surface area contributed by atoms with Crippen LogP contribution in [0.5, 0.6) is 0 Å². The Labute approximate surface area is 97.4 Å². The number of pyridine rings is 1. The standard InChI is InChI=1S/C11H14F3N3/c12-11(13,14)8-2-5-17(6-3-8)9-1-4-16-10(15)7-9/h1,4,7-8H,2-3,5-6H2,(H2,15,16). The molecule has 1 aliphatic heterocycles. The van der Waals surface area contributed by atoms with Crippen molar-refractivity contribution in [3.05, 3.63) is 18.3 Å². The highest BCUT2D eigenvalue weighted by molar-refractivity contribution is 5.52. The zero-order valence-electron chi connectivity index (χ0n) is 9.24. The summed E-state index contributed by atoms with van der Waals surface area (Å²) < 4.78 is 37.5. The lowest BCUT2D eigenvalue weighted by atomic mass is 9.96. The average Bonchev–Trinajstić information content (AvgIpc) is 2.28. The number of hydrogen-bond acceptors (Lipinski definition) is 3. The SMILES string of the molecule is Nc1cc(N2CCC(C(F)(F)F)CC2)ccn1. The van der Waals surface area contributed by atoms with E-state index in [1.54, 1.807) is 18.3 Å². The van der Waals surface area contributed by atoms with Gasteiger partial charge in [-0.05, 0) is 18.9 Å². The van der Waals surface area contributed by atoms with Gasteiger partial charge in [-0.1, -0.05) is 0 Å². The maximum absolute atomic E-state index is 12.5. The van der Waals surface area contributed by atoms with Gasteiger partial charge in [0, 0.05) is 31.0 Å². The predicted octanol–water partition coefficient (Wildman–Crippen LogP) is 2.44. The van der Waals surface area contributed by atoms with Crippen LogP contribution in [0.15, 0.2) is 18.3 Å². The van der Waals surface area contributed by atoms with E-state index in [4.69, 9.17) is 5.73 Å². The predicted molar refractivity (Wildman–Crippen MR) is 59.6 cm³/mol. The van der Waals surface area contributed by atoms with Crippen LogP contribution in [-0.4, -0.2) is 24.2 Å². The maximum Gasteiger partial charge on any atom is 0.391 e. The lowest BCUT2D eigenvalue weighted by molar-refractivity contribution is -0.179. The third kappa shape index (κ3) is 2.81. The minimum absolute atomic E-state index is 0.145. The molecule has 3 nitrogen and oxygen atoms in total. The second-order valence-corrected chi connectivity index (χ2v) is 4.24. The third-order valence-corrected chi connectivity index (χ3v) is 3.09. The van der Waals surface area contributed by atoms with Crippen molar-refractivity contribution in [3.8, 4) is 0 Å². The van der Waals surface area contributed by atoms with Crippen LogP contribution in [0.1, 0.15) is 12.8 Å². The number of nitrogen functional groups attached to an aromatic ring is 1. The number of halogens is 3. The molecule has 0 saturated carbocycles. The van der Waals surface area contributed by atoms with Crippen molar-refractivity contribution in [2.75, 3.05) is 23.7 Å². The molecule has 0 bridgehead atoms. The van der Waals surface area contributed by atoms with Gasteiger partial charge in [0.1, 0.15) is 5.82 Å². The van der Waals surface area contributed by atoms with Crippen molar-refractivity contribution >= 4 is 11.5 Å². The summed E-state index contributed by atoms with van der Waals surface area (Å²) >= 11 is 0. The molecule has 0 amide bonds. The summed E-state index contributed by atoms with van der Waals surface area (Å²) in [5.74, 6) is -0.779. The van der Waals surface area contributed by atoms with Gasteiger partial charge in [-0.15, -0.1) is 0 Å². The first-order valence-corrected chi connectivity index (χ1v) is 5.50. The molecule has 0 spiro atoms. The molecule has 0 atom stereocenters. The minimum Gasteiger partial charge on any atom is -0.384 e. The number of anilines is 2. The van der Waals surface area contributed by atoms with Gasteiger partial charge < -0.3 is 10.6 Å². The van der Waals surface area contributed by atoms with Crippen LogP contribution < -0.4 is 10.6 Å². The van der Waals surface area contributed by atoms with Crippen molar-refractivity contribution in [2.24, 2.45) is 5.92 Å². The van der Waals surface area contributed by atoms with Gasteiger partial charge in [0.25, 0.3) is 0 Å². The quantitative estimate of drug-likeness (QED) is 0.826. The smallest absolute Gasteiger partial charge is 0.384 e. The third-order valence-electron chi connectivity index (χ3n) is 3.09. The normalized spacial score (nSPS) is 18.4. The molecular formula is C11H14F3N3. The second kappa shape index (κ2) is 4.43. The molecule has 1 fully saturated rings. The number of alkyl halides is 3. The number of nitrogens with two attached hydrogens (primary N) is 1. The number of rotatable bonds is 1. The molecule has 0 aliphatic carbocycles. The van der Waals surface area contributed by atoms with E-state index in [1.165, 1.54) is 0 Å². The summed E-state index contributed by atoms with van der Waals surface area (Å²) in [6.07, 6.45) is -2.21. The molecule has 2 N–H and O–H groups in total. The van der Waals surface area contributed by atoms with Crippen LogP contribution >= 0.6 is 0 Å². The van der Waals surface area contributed by atoms with Crippen LogP contribution in [-0.2, 0) is 0 Å². The van der Waals surface area contributed by atoms with Crippen molar-refractivity contribution in [1.29, 1.82) is 0 Å². The zero-order chi connectivity index (χ0) is 12.5. The van der Waals surface area contributed by atoms with Gasteiger partial charge in [0.05, 0.1) is 5.92 Å². The first-order valence-electron chi connectivity index (χ1n) is 5.50. The Morgan fingerprint density at radius 1 is 1.29 bits per heavy atom. The summed E-state index contributed by atoms with van der Waals surface area (Å²) in [7, 11) is 0. The molecule has 2 heterocycles. The van der Waals surface area contributed by atoms with E-state index in [2.05, 4.69) is 4.98 Å². The molecule has 2 rings (SSSR count). The summed E-state index contributed by atoms with van der Waals surface area (Å²) in [6.45, 7) is 0.821.